The number of amides is 1. The lowest BCUT2D eigenvalue weighted by Gasteiger charge is -2.28. The lowest BCUT2D eigenvalue weighted by atomic mass is 9.79. The van der Waals surface area contributed by atoms with E-state index in [-0.39, 0.29) is 17.3 Å². The number of nitrogens with one attached hydrogen (secondary N) is 3. The summed E-state index contributed by atoms with van der Waals surface area (Å²) in [5, 5.41) is 15.1. The standard InChI is InChI=1S/C21H17N5O3/c1-29-14-9-7-13(8-10-14)23-21-25-18-17(20(28)26-21)16(12-5-3-2-4-6-12)15(11-22)19(27)24-18/h2-10,15-16H,1H3,(H3,23,24,25,26,27,28). The molecule has 1 aliphatic heterocycles. The molecule has 2 atom stereocenters. The molecular formula is C21H17N5O3. The predicted molar refractivity (Wildman–Crippen MR) is 107 cm³/mol. The van der Waals surface area contributed by atoms with E-state index < -0.39 is 23.3 Å². The van der Waals surface area contributed by atoms with Crippen LogP contribution in [0.1, 0.15) is 17.0 Å². The minimum atomic E-state index is -1.02. The third-order valence-corrected chi connectivity index (χ3v) is 4.77. The Morgan fingerprint density at radius 1 is 1.10 bits per heavy atom. The molecule has 8 nitrogen and oxygen atoms in total. The molecule has 8 heteroatoms. The number of rotatable bonds is 4. The van der Waals surface area contributed by atoms with Gasteiger partial charge in [0.2, 0.25) is 11.9 Å². The first-order valence-corrected chi connectivity index (χ1v) is 8.91. The van der Waals surface area contributed by atoms with Crippen molar-refractivity contribution in [2.24, 2.45) is 5.92 Å². The Morgan fingerprint density at radius 2 is 1.83 bits per heavy atom. The summed E-state index contributed by atoms with van der Waals surface area (Å²) >= 11 is 0. The fourth-order valence-electron chi connectivity index (χ4n) is 3.40. The van der Waals surface area contributed by atoms with Crippen LogP contribution in [0.5, 0.6) is 5.75 Å². The topological polar surface area (TPSA) is 120 Å². The summed E-state index contributed by atoms with van der Waals surface area (Å²) in [5.41, 5.74) is 1.24. The van der Waals surface area contributed by atoms with Crippen molar-refractivity contribution in [1.82, 2.24) is 9.97 Å². The van der Waals surface area contributed by atoms with Gasteiger partial charge in [0, 0.05) is 11.6 Å². The highest BCUT2D eigenvalue weighted by Gasteiger charge is 2.40. The second-order valence-corrected chi connectivity index (χ2v) is 6.51. The van der Waals surface area contributed by atoms with E-state index in [1.165, 1.54) is 0 Å². The van der Waals surface area contributed by atoms with Gasteiger partial charge in [0.05, 0.1) is 18.7 Å². The summed E-state index contributed by atoms with van der Waals surface area (Å²) in [6, 6.07) is 18.1. The van der Waals surface area contributed by atoms with Gasteiger partial charge in [0.25, 0.3) is 5.56 Å². The van der Waals surface area contributed by atoms with Crippen LogP contribution in [0.2, 0.25) is 0 Å². The number of aromatic amines is 1. The molecule has 0 spiro atoms. The zero-order valence-corrected chi connectivity index (χ0v) is 15.5. The fourth-order valence-corrected chi connectivity index (χ4v) is 3.40. The summed E-state index contributed by atoms with van der Waals surface area (Å²) in [6.45, 7) is 0. The van der Waals surface area contributed by atoms with Crippen LogP contribution in [-0.4, -0.2) is 23.0 Å². The summed E-state index contributed by atoms with van der Waals surface area (Å²) in [5.74, 6) is -1.17. The molecule has 0 saturated carbocycles. The zero-order chi connectivity index (χ0) is 20.4. The Hall–Kier alpha value is -4.12. The molecular weight excluding hydrogens is 370 g/mol. The smallest absolute Gasteiger partial charge is 0.258 e. The number of aromatic nitrogens is 2. The van der Waals surface area contributed by atoms with Gasteiger partial charge in [-0.25, -0.2) is 0 Å². The van der Waals surface area contributed by atoms with Gasteiger partial charge < -0.3 is 15.4 Å². The van der Waals surface area contributed by atoms with Gasteiger partial charge in [-0.05, 0) is 29.8 Å². The second-order valence-electron chi connectivity index (χ2n) is 6.51. The lowest BCUT2D eigenvalue weighted by molar-refractivity contribution is -0.119. The third-order valence-electron chi connectivity index (χ3n) is 4.77. The molecule has 3 N–H and O–H groups in total. The number of fused-ring (bicyclic) bond motifs is 1. The van der Waals surface area contributed by atoms with Crippen LogP contribution in [0.3, 0.4) is 0 Å². The molecule has 4 rings (SSSR count). The first-order valence-electron chi connectivity index (χ1n) is 8.91. The number of nitrogens with zero attached hydrogens (tertiary/aromatic N) is 2. The number of carbonyl (C=O) groups is 1. The maximum Gasteiger partial charge on any atom is 0.258 e. The van der Waals surface area contributed by atoms with Crippen LogP contribution in [0, 0.1) is 17.2 Å². The maximum atomic E-state index is 12.9. The average Bonchev–Trinajstić information content (AvgIpc) is 2.74. The zero-order valence-electron chi connectivity index (χ0n) is 15.5. The van der Waals surface area contributed by atoms with Gasteiger partial charge in [-0.1, -0.05) is 30.3 Å². The van der Waals surface area contributed by atoms with Gasteiger partial charge in [-0.15, -0.1) is 0 Å². The first-order chi connectivity index (χ1) is 14.1. The number of ether oxygens (including phenoxy) is 1. The van der Waals surface area contributed by atoms with E-state index >= 15 is 0 Å². The van der Waals surface area contributed by atoms with Crippen molar-refractivity contribution in [3.63, 3.8) is 0 Å². The molecule has 2 unspecified atom stereocenters. The van der Waals surface area contributed by atoms with Crippen molar-refractivity contribution in [3.05, 3.63) is 76.1 Å². The van der Waals surface area contributed by atoms with Gasteiger partial charge in [-0.3, -0.25) is 14.6 Å². The van der Waals surface area contributed by atoms with E-state index in [1.54, 1.807) is 55.6 Å². The third kappa shape index (κ3) is 3.41. The Bertz CT molecular complexity index is 1150. The fraction of sp³-hybridized carbons (Fsp3) is 0.143. The molecule has 3 aromatic rings. The van der Waals surface area contributed by atoms with Crippen LogP contribution in [-0.2, 0) is 4.79 Å². The van der Waals surface area contributed by atoms with Crippen LogP contribution in [0.4, 0.5) is 17.5 Å². The molecule has 0 bridgehead atoms. The summed E-state index contributed by atoms with van der Waals surface area (Å²) in [4.78, 5) is 32.5. The number of H-pyrrole nitrogens is 1. The van der Waals surface area contributed by atoms with Crippen LogP contribution in [0.15, 0.2) is 59.4 Å². The average molecular weight is 387 g/mol. The number of nitriles is 1. The minimum absolute atomic E-state index is 0.148. The first kappa shape index (κ1) is 18.3. The monoisotopic (exact) mass is 387 g/mol. The Labute approximate surface area is 166 Å². The number of hydrogen-bond donors (Lipinski definition) is 3. The van der Waals surface area contributed by atoms with E-state index in [2.05, 4.69) is 20.6 Å². The van der Waals surface area contributed by atoms with Crippen molar-refractivity contribution in [3.8, 4) is 11.8 Å². The molecule has 0 aliphatic carbocycles. The largest absolute Gasteiger partial charge is 0.497 e. The maximum absolute atomic E-state index is 12.9. The Kier molecular flexibility index (Phi) is 4.71. The van der Waals surface area contributed by atoms with Gasteiger partial charge in [-0.2, -0.15) is 10.2 Å². The van der Waals surface area contributed by atoms with Crippen LogP contribution >= 0.6 is 0 Å². The van der Waals surface area contributed by atoms with Crippen molar-refractivity contribution in [2.45, 2.75) is 5.92 Å². The Balaban J connectivity index is 1.76. The van der Waals surface area contributed by atoms with E-state index in [0.29, 0.717) is 17.0 Å². The highest BCUT2D eigenvalue weighted by Crippen LogP contribution is 2.37. The SMILES string of the molecule is COc1ccc(Nc2nc3c(c(=O)[nH]2)C(c2ccccc2)C(C#N)C(=O)N3)cc1. The van der Waals surface area contributed by atoms with E-state index in [4.69, 9.17) is 4.74 Å². The number of benzene rings is 2. The molecule has 1 amide bonds. The predicted octanol–water partition coefficient (Wildman–Crippen LogP) is 2.75. The van der Waals surface area contributed by atoms with E-state index in [9.17, 15) is 14.9 Å². The lowest BCUT2D eigenvalue weighted by Crippen LogP contribution is -2.38. The highest BCUT2D eigenvalue weighted by atomic mass is 16.5. The van der Waals surface area contributed by atoms with Gasteiger partial charge in [0.15, 0.2) is 0 Å². The quantitative estimate of drug-likeness (QED) is 0.633. The molecule has 0 fully saturated rings. The van der Waals surface area contributed by atoms with E-state index in [0.717, 1.165) is 0 Å². The number of methoxy groups -OCH3 is 1. The normalized spacial score (nSPS) is 17.6. The van der Waals surface area contributed by atoms with Gasteiger partial charge in [0.1, 0.15) is 17.5 Å². The number of hydrogen-bond acceptors (Lipinski definition) is 6. The minimum Gasteiger partial charge on any atom is -0.497 e. The molecule has 1 aliphatic rings. The second kappa shape index (κ2) is 7.48. The summed E-state index contributed by atoms with van der Waals surface area (Å²) < 4.78 is 5.12. The van der Waals surface area contributed by atoms with Crippen molar-refractivity contribution >= 4 is 23.4 Å². The van der Waals surface area contributed by atoms with Crippen LogP contribution in [0.25, 0.3) is 0 Å². The Morgan fingerprint density at radius 3 is 2.48 bits per heavy atom. The molecule has 2 aromatic carbocycles. The van der Waals surface area contributed by atoms with E-state index in [1.807, 2.05) is 12.1 Å². The molecule has 29 heavy (non-hydrogen) atoms. The molecule has 1 aromatic heterocycles. The molecule has 0 saturated heterocycles. The summed E-state index contributed by atoms with van der Waals surface area (Å²) in [6.07, 6.45) is 0. The highest BCUT2D eigenvalue weighted by molar-refractivity contribution is 5.98. The van der Waals surface area contributed by atoms with Crippen LogP contribution < -0.4 is 20.9 Å². The van der Waals surface area contributed by atoms with Crippen molar-refractivity contribution in [2.75, 3.05) is 17.7 Å². The van der Waals surface area contributed by atoms with Crippen molar-refractivity contribution < 1.29 is 9.53 Å². The summed E-state index contributed by atoms with van der Waals surface area (Å²) in [7, 11) is 1.57. The number of anilines is 3. The van der Waals surface area contributed by atoms with Gasteiger partial charge >= 0.3 is 0 Å². The molecule has 2 heterocycles. The number of carbonyl (C=O) groups excluding carboxylic acids is 1. The van der Waals surface area contributed by atoms with Crippen molar-refractivity contribution in [1.29, 1.82) is 5.26 Å². The molecule has 0 radical (unpaired) electrons. The molecule has 144 valence electrons.